The summed E-state index contributed by atoms with van der Waals surface area (Å²) in [6.07, 6.45) is 2.28. The summed E-state index contributed by atoms with van der Waals surface area (Å²) in [5.74, 6) is 1.21. The summed E-state index contributed by atoms with van der Waals surface area (Å²) in [6.45, 7) is 3.00. The molecule has 1 heterocycles. The van der Waals surface area contributed by atoms with Gasteiger partial charge >= 0.3 is 0 Å². The van der Waals surface area contributed by atoms with Crippen LogP contribution in [0.25, 0.3) is 0 Å². The molecule has 0 spiro atoms. The van der Waals surface area contributed by atoms with Crippen LogP contribution < -0.4 is 15.2 Å². The van der Waals surface area contributed by atoms with Gasteiger partial charge in [0.1, 0.15) is 5.75 Å². The Labute approximate surface area is 126 Å². The molecule has 3 N–H and O–H groups in total. The van der Waals surface area contributed by atoms with Crippen molar-refractivity contribution in [2.24, 2.45) is 11.1 Å². The van der Waals surface area contributed by atoms with Gasteiger partial charge < -0.3 is 15.0 Å². The first-order chi connectivity index (χ1) is 9.90. The van der Waals surface area contributed by atoms with Crippen molar-refractivity contribution in [1.82, 2.24) is 4.90 Å². The van der Waals surface area contributed by atoms with E-state index in [2.05, 4.69) is 17.3 Å². The lowest BCUT2D eigenvalue weighted by atomic mass is 9.97. The Morgan fingerprint density at radius 1 is 1.38 bits per heavy atom. The zero-order chi connectivity index (χ0) is 15.5. The van der Waals surface area contributed by atoms with Crippen molar-refractivity contribution in [3.63, 3.8) is 0 Å². The number of sulfonamides is 1. The number of hydrogen-bond acceptors (Lipinski definition) is 5. The van der Waals surface area contributed by atoms with Crippen molar-refractivity contribution in [3.8, 4) is 5.75 Å². The molecule has 1 aromatic carbocycles. The summed E-state index contributed by atoms with van der Waals surface area (Å²) in [6, 6.07) is 4.61. The first kappa shape index (κ1) is 16.1. The van der Waals surface area contributed by atoms with Crippen LogP contribution in [0.2, 0.25) is 0 Å². The number of piperidine rings is 1. The number of primary sulfonamides is 1. The molecule has 0 radical (unpaired) electrons. The smallest absolute Gasteiger partial charge is 0.238 e. The van der Waals surface area contributed by atoms with Gasteiger partial charge in [-0.05, 0) is 57.1 Å². The number of nitrogens with two attached hydrogens (primary N) is 1. The van der Waals surface area contributed by atoms with Gasteiger partial charge in [-0.3, -0.25) is 0 Å². The average molecular weight is 313 g/mol. The van der Waals surface area contributed by atoms with Crippen molar-refractivity contribution in [1.29, 1.82) is 0 Å². The summed E-state index contributed by atoms with van der Waals surface area (Å²) in [5.41, 5.74) is 0.669. The topological polar surface area (TPSA) is 84.7 Å². The van der Waals surface area contributed by atoms with Gasteiger partial charge in [0.25, 0.3) is 0 Å². The van der Waals surface area contributed by atoms with E-state index in [0.717, 1.165) is 32.5 Å². The Bertz CT molecular complexity index is 581. The molecule has 1 aromatic rings. The highest BCUT2D eigenvalue weighted by Crippen LogP contribution is 2.28. The molecule has 0 saturated carbocycles. The number of methoxy groups -OCH3 is 1. The fourth-order valence-corrected chi connectivity index (χ4v) is 3.06. The number of likely N-dealkylation sites (tertiary alicyclic amines) is 1. The molecule has 1 aliphatic heterocycles. The molecule has 118 valence electrons. The highest BCUT2D eigenvalue weighted by molar-refractivity contribution is 7.89. The molecule has 0 bridgehead atoms. The molecule has 0 aromatic heterocycles. The van der Waals surface area contributed by atoms with Crippen LogP contribution in [0.3, 0.4) is 0 Å². The zero-order valence-corrected chi connectivity index (χ0v) is 13.3. The maximum atomic E-state index is 11.4. The summed E-state index contributed by atoms with van der Waals surface area (Å²) in [5, 5.41) is 8.47. The zero-order valence-electron chi connectivity index (χ0n) is 12.5. The number of anilines is 1. The lowest BCUT2D eigenvalue weighted by Gasteiger charge is -2.29. The van der Waals surface area contributed by atoms with E-state index < -0.39 is 10.0 Å². The van der Waals surface area contributed by atoms with E-state index >= 15 is 0 Å². The lowest BCUT2D eigenvalue weighted by Crippen LogP contribution is -2.33. The molecule has 7 heteroatoms. The maximum Gasteiger partial charge on any atom is 0.238 e. The molecular formula is C14H23N3O3S. The number of nitrogens with zero attached hydrogens (tertiary/aromatic N) is 1. The Hall–Kier alpha value is -1.31. The molecule has 0 atom stereocenters. The van der Waals surface area contributed by atoms with E-state index in [9.17, 15) is 8.42 Å². The minimum atomic E-state index is -3.70. The molecule has 0 unspecified atom stereocenters. The predicted octanol–water partition coefficient (Wildman–Crippen LogP) is 1.10. The fourth-order valence-electron chi connectivity index (χ4n) is 2.52. The van der Waals surface area contributed by atoms with Crippen LogP contribution in [0.15, 0.2) is 23.1 Å². The third kappa shape index (κ3) is 4.33. The highest BCUT2D eigenvalue weighted by Gasteiger charge is 2.17. The Morgan fingerprint density at radius 2 is 2.05 bits per heavy atom. The molecule has 0 aliphatic carbocycles. The van der Waals surface area contributed by atoms with Gasteiger partial charge in [-0.15, -0.1) is 0 Å². The van der Waals surface area contributed by atoms with Gasteiger partial charge in [0, 0.05) is 6.54 Å². The number of nitrogens with one attached hydrogen (secondary N) is 1. The molecule has 21 heavy (non-hydrogen) atoms. The molecule has 2 rings (SSSR count). The second kappa shape index (κ2) is 6.64. The van der Waals surface area contributed by atoms with Crippen LogP contribution in [0, 0.1) is 5.92 Å². The summed E-state index contributed by atoms with van der Waals surface area (Å²) in [7, 11) is -0.0135. The van der Waals surface area contributed by atoms with Crippen molar-refractivity contribution < 1.29 is 13.2 Å². The van der Waals surface area contributed by atoms with Gasteiger partial charge in [0.15, 0.2) is 0 Å². The highest BCUT2D eigenvalue weighted by atomic mass is 32.2. The van der Waals surface area contributed by atoms with E-state index in [1.165, 1.54) is 12.1 Å². The molecule has 0 amide bonds. The van der Waals surface area contributed by atoms with Gasteiger partial charge in [-0.1, -0.05) is 0 Å². The minimum Gasteiger partial charge on any atom is -0.495 e. The second-order valence-electron chi connectivity index (χ2n) is 5.53. The van der Waals surface area contributed by atoms with E-state index in [4.69, 9.17) is 9.88 Å². The summed E-state index contributed by atoms with van der Waals surface area (Å²) < 4.78 is 28.1. The molecule has 6 nitrogen and oxygen atoms in total. The quantitative estimate of drug-likeness (QED) is 0.850. The van der Waals surface area contributed by atoms with E-state index in [1.807, 2.05) is 0 Å². The number of rotatable bonds is 5. The van der Waals surface area contributed by atoms with Crippen LogP contribution in [0.4, 0.5) is 5.69 Å². The summed E-state index contributed by atoms with van der Waals surface area (Å²) in [4.78, 5) is 2.41. The molecule has 1 fully saturated rings. The summed E-state index contributed by atoms with van der Waals surface area (Å²) >= 11 is 0. The van der Waals surface area contributed by atoms with E-state index in [1.54, 1.807) is 13.2 Å². The van der Waals surface area contributed by atoms with Crippen LogP contribution in [-0.4, -0.2) is 47.1 Å². The van der Waals surface area contributed by atoms with Crippen molar-refractivity contribution in [2.45, 2.75) is 17.7 Å². The van der Waals surface area contributed by atoms with Gasteiger partial charge in [0.05, 0.1) is 17.7 Å². The van der Waals surface area contributed by atoms with Crippen LogP contribution >= 0.6 is 0 Å². The lowest BCUT2D eigenvalue weighted by molar-refractivity contribution is 0.226. The van der Waals surface area contributed by atoms with Crippen LogP contribution in [-0.2, 0) is 10.0 Å². The Morgan fingerprint density at radius 3 is 2.62 bits per heavy atom. The third-order valence-corrected chi connectivity index (χ3v) is 4.83. The van der Waals surface area contributed by atoms with Crippen molar-refractivity contribution in [3.05, 3.63) is 18.2 Å². The normalized spacial score (nSPS) is 17.7. The molecule has 1 aliphatic rings. The average Bonchev–Trinajstić information content (AvgIpc) is 2.45. The van der Waals surface area contributed by atoms with Gasteiger partial charge in [0.2, 0.25) is 10.0 Å². The first-order valence-electron chi connectivity index (χ1n) is 7.03. The van der Waals surface area contributed by atoms with E-state index in [0.29, 0.717) is 17.4 Å². The standard InChI is InChI=1S/C14H23N3O3S/c1-17-7-5-11(6-8-17)10-16-13-9-12(21(15,18)19)3-4-14(13)20-2/h3-4,9,11,16H,5-8,10H2,1-2H3,(H2,15,18,19). The maximum absolute atomic E-state index is 11.4. The predicted molar refractivity (Wildman–Crippen MR) is 83.1 cm³/mol. The van der Waals surface area contributed by atoms with E-state index in [-0.39, 0.29) is 4.90 Å². The monoisotopic (exact) mass is 313 g/mol. The van der Waals surface area contributed by atoms with Crippen molar-refractivity contribution >= 4 is 15.7 Å². The van der Waals surface area contributed by atoms with Gasteiger partial charge in [-0.2, -0.15) is 0 Å². The molecular weight excluding hydrogens is 290 g/mol. The minimum absolute atomic E-state index is 0.0918. The SMILES string of the molecule is COc1ccc(S(N)(=O)=O)cc1NCC1CCN(C)CC1. The van der Waals surface area contributed by atoms with Crippen LogP contribution in [0.1, 0.15) is 12.8 Å². The number of benzene rings is 1. The second-order valence-corrected chi connectivity index (χ2v) is 7.10. The fraction of sp³-hybridized carbons (Fsp3) is 0.571. The van der Waals surface area contributed by atoms with Crippen LogP contribution in [0.5, 0.6) is 5.75 Å². The largest absolute Gasteiger partial charge is 0.495 e. The number of hydrogen-bond donors (Lipinski definition) is 2. The third-order valence-electron chi connectivity index (χ3n) is 3.92. The van der Waals surface area contributed by atoms with Crippen molar-refractivity contribution in [2.75, 3.05) is 39.1 Å². The number of ether oxygens (including phenoxy) is 1. The van der Waals surface area contributed by atoms with Gasteiger partial charge in [-0.25, -0.2) is 13.6 Å². The molecule has 1 saturated heterocycles. The Kier molecular flexibility index (Phi) is 5.08. The first-order valence-corrected chi connectivity index (χ1v) is 8.58. The Balaban J connectivity index is 2.07.